The largest absolute Gasteiger partial charge is 0.480 e. The highest BCUT2D eigenvalue weighted by molar-refractivity contribution is 5.94. The number of primary amides is 1. The maximum absolute atomic E-state index is 13.1. The van der Waals surface area contributed by atoms with Crippen molar-refractivity contribution in [3.63, 3.8) is 0 Å². The minimum atomic E-state index is -1.15. The third kappa shape index (κ3) is 13.1. The van der Waals surface area contributed by atoms with Crippen molar-refractivity contribution in [1.82, 2.24) is 16.0 Å². The highest BCUT2D eigenvalue weighted by Crippen LogP contribution is 2.12. The number of aliphatic carboxylic acids is 1. The molecule has 0 rings (SSSR count). The van der Waals surface area contributed by atoms with Crippen LogP contribution < -0.4 is 33.2 Å². The van der Waals surface area contributed by atoms with Crippen LogP contribution in [-0.2, 0) is 24.0 Å². The van der Waals surface area contributed by atoms with E-state index < -0.39 is 53.8 Å². The van der Waals surface area contributed by atoms with E-state index in [0.717, 1.165) is 0 Å². The van der Waals surface area contributed by atoms with Gasteiger partial charge in [-0.25, -0.2) is 4.79 Å². The summed E-state index contributed by atoms with van der Waals surface area (Å²) < 4.78 is 0. The molecule has 0 spiro atoms. The molecular formula is C23H44N6O6. The molecule has 0 saturated heterocycles. The minimum Gasteiger partial charge on any atom is -0.480 e. The molecule has 0 aliphatic carbocycles. The van der Waals surface area contributed by atoms with Gasteiger partial charge in [0.15, 0.2) is 0 Å². The molecule has 0 bridgehead atoms. The van der Waals surface area contributed by atoms with Crippen LogP contribution in [0, 0.1) is 11.8 Å². The Balaban J connectivity index is 5.54. The van der Waals surface area contributed by atoms with Crippen LogP contribution in [0.3, 0.4) is 0 Å². The van der Waals surface area contributed by atoms with Gasteiger partial charge in [0, 0.05) is 6.42 Å². The lowest BCUT2D eigenvalue weighted by molar-refractivity contribution is -0.143. The van der Waals surface area contributed by atoms with Gasteiger partial charge in [-0.2, -0.15) is 0 Å². The van der Waals surface area contributed by atoms with E-state index in [9.17, 15) is 29.1 Å². The highest BCUT2D eigenvalue weighted by Gasteiger charge is 2.32. The number of carboxylic acid groups (broad SMARTS) is 1. The maximum Gasteiger partial charge on any atom is 0.326 e. The molecule has 0 aromatic carbocycles. The van der Waals surface area contributed by atoms with Crippen LogP contribution in [0.25, 0.3) is 0 Å². The van der Waals surface area contributed by atoms with E-state index in [4.69, 9.17) is 17.2 Å². The number of carbonyl (C=O) groups excluding carboxylic acids is 4. The number of carboxylic acids is 1. The van der Waals surface area contributed by atoms with Crippen LogP contribution in [0.4, 0.5) is 0 Å². The number of hydrogen-bond donors (Lipinski definition) is 7. The van der Waals surface area contributed by atoms with Gasteiger partial charge in [-0.3, -0.25) is 19.2 Å². The Hall–Kier alpha value is -2.73. The molecule has 0 heterocycles. The number of rotatable bonds is 18. The number of unbranched alkanes of at least 4 members (excludes halogenated alkanes) is 1. The van der Waals surface area contributed by atoms with Gasteiger partial charge in [-0.15, -0.1) is 0 Å². The second-order valence-corrected chi connectivity index (χ2v) is 9.36. The van der Waals surface area contributed by atoms with Gasteiger partial charge in [-0.1, -0.05) is 34.1 Å². The van der Waals surface area contributed by atoms with Crippen molar-refractivity contribution in [1.29, 1.82) is 0 Å². The molecule has 5 atom stereocenters. The van der Waals surface area contributed by atoms with E-state index >= 15 is 0 Å². The molecule has 0 aliphatic rings. The Kier molecular flexibility index (Phi) is 15.5. The van der Waals surface area contributed by atoms with Crippen molar-refractivity contribution >= 4 is 29.6 Å². The number of amides is 4. The molecule has 0 saturated carbocycles. The third-order valence-electron chi connectivity index (χ3n) is 5.73. The molecule has 12 heteroatoms. The van der Waals surface area contributed by atoms with Gasteiger partial charge in [0.05, 0.1) is 6.04 Å². The summed E-state index contributed by atoms with van der Waals surface area (Å²) in [6.45, 7) is 7.71. The summed E-state index contributed by atoms with van der Waals surface area (Å²) in [5.41, 5.74) is 16.5. The quantitative estimate of drug-likeness (QED) is 0.119. The predicted octanol–water partition coefficient (Wildman–Crippen LogP) is -0.661. The molecule has 10 N–H and O–H groups in total. The van der Waals surface area contributed by atoms with Crippen LogP contribution in [0.1, 0.15) is 72.6 Å². The van der Waals surface area contributed by atoms with Crippen LogP contribution in [0.2, 0.25) is 0 Å². The molecule has 0 aliphatic heterocycles. The lowest BCUT2D eigenvalue weighted by Crippen LogP contribution is -2.58. The van der Waals surface area contributed by atoms with Crippen molar-refractivity contribution in [2.24, 2.45) is 29.0 Å². The molecule has 0 aromatic rings. The fourth-order valence-corrected chi connectivity index (χ4v) is 3.38. The fourth-order valence-electron chi connectivity index (χ4n) is 3.38. The summed E-state index contributed by atoms with van der Waals surface area (Å²) in [6, 6.07) is -4.11. The summed E-state index contributed by atoms with van der Waals surface area (Å²) in [6.07, 6.45) is 2.17. The van der Waals surface area contributed by atoms with Crippen LogP contribution in [0.5, 0.6) is 0 Å². The average molecular weight is 501 g/mol. The molecule has 5 unspecified atom stereocenters. The number of carbonyl (C=O) groups is 5. The molecular weight excluding hydrogens is 456 g/mol. The Morgan fingerprint density at radius 1 is 0.857 bits per heavy atom. The summed E-state index contributed by atoms with van der Waals surface area (Å²) in [4.78, 5) is 61.2. The molecule has 0 fully saturated rings. The minimum absolute atomic E-state index is 0.0304. The smallest absolute Gasteiger partial charge is 0.326 e. The zero-order chi connectivity index (χ0) is 27.1. The lowest BCUT2D eigenvalue weighted by Gasteiger charge is -2.28. The van der Waals surface area contributed by atoms with Gasteiger partial charge < -0.3 is 38.3 Å². The molecule has 35 heavy (non-hydrogen) atoms. The Morgan fingerprint density at radius 3 is 1.94 bits per heavy atom. The Labute approximate surface area is 207 Å². The number of nitrogens with one attached hydrogen (secondary N) is 3. The third-order valence-corrected chi connectivity index (χ3v) is 5.73. The summed E-state index contributed by atoms with van der Waals surface area (Å²) in [5, 5.41) is 17.3. The normalized spacial score (nSPS) is 15.4. The van der Waals surface area contributed by atoms with Crippen molar-refractivity contribution in [2.45, 2.75) is 96.8 Å². The van der Waals surface area contributed by atoms with E-state index in [1.54, 1.807) is 6.92 Å². The van der Waals surface area contributed by atoms with Gasteiger partial charge in [0.2, 0.25) is 23.6 Å². The fraction of sp³-hybridized carbons (Fsp3) is 0.783. The predicted molar refractivity (Wildman–Crippen MR) is 132 cm³/mol. The maximum atomic E-state index is 13.1. The number of hydrogen-bond acceptors (Lipinski definition) is 7. The topological polar surface area (TPSA) is 220 Å². The monoisotopic (exact) mass is 500 g/mol. The van der Waals surface area contributed by atoms with Gasteiger partial charge >= 0.3 is 5.97 Å². The average Bonchev–Trinajstić information content (AvgIpc) is 2.78. The van der Waals surface area contributed by atoms with Crippen molar-refractivity contribution < 1.29 is 29.1 Å². The second kappa shape index (κ2) is 16.8. The van der Waals surface area contributed by atoms with Crippen molar-refractivity contribution in [3.05, 3.63) is 0 Å². The first-order chi connectivity index (χ1) is 16.3. The zero-order valence-electron chi connectivity index (χ0n) is 21.3. The Morgan fingerprint density at radius 2 is 1.46 bits per heavy atom. The standard InChI is InChI=1S/C23H44N6O6/c1-5-14(4)19(22(33)28-17(23(34)35)12-13(2)3)29-21(32)16(8-6-7-11-24)27-20(31)15(25)9-10-18(26)30/h13-17,19H,5-12,24-25H2,1-4H3,(H2,26,30)(H,27,31)(H,28,33)(H,29,32)(H,34,35). The summed E-state index contributed by atoms with van der Waals surface area (Å²) in [5.74, 6) is -3.83. The highest BCUT2D eigenvalue weighted by atomic mass is 16.4. The molecule has 4 amide bonds. The summed E-state index contributed by atoms with van der Waals surface area (Å²) >= 11 is 0. The molecule has 202 valence electrons. The van der Waals surface area contributed by atoms with Crippen molar-refractivity contribution in [2.75, 3.05) is 6.54 Å². The lowest BCUT2D eigenvalue weighted by atomic mass is 9.96. The van der Waals surface area contributed by atoms with E-state index in [1.165, 1.54) is 0 Å². The molecule has 0 aromatic heterocycles. The SMILES string of the molecule is CCC(C)C(NC(=O)C(CCCCN)NC(=O)C(N)CCC(N)=O)C(=O)NC(CC(C)C)C(=O)O. The first-order valence-electron chi connectivity index (χ1n) is 12.2. The van der Waals surface area contributed by atoms with E-state index in [-0.39, 0.29) is 37.5 Å². The number of nitrogens with two attached hydrogens (primary N) is 3. The molecule has 12 nitrogen and oxygen atoms in total. The van der Waals surface area contributed by atoms with Gasteiger partial charge in [-0.05, 0) is 50.5 Å². The second-order valence-electron chi connectivity index (χ2n) is 9.36. The van der Waals surface area contributed by atoms with Crippen LogP contribution in [0.15, 0.2) is 0 Å². The van der Waals surface area contributed by atoms with Crippen LogP contribution >= 0.6 is 0 Å². The van der Waals surface area contributed by atoms with Gasteiger partial charge in [0.1, 0.15) is 18.1 Å². The summed E-state index contributed by atoms with van der Waals surface area (Å²) in [7, 11) is 0. The van der Waals surface area contributed by atoms with Crippen LogP contribution in [-0.4, -0.2) is 65.4 Å². The van der Waals surface area contributed by atoms with E-state index in [2.05, 4.69) is 16.0 Å². The van der Waals surface area contributed by atoms with E-state index in [0.29, 0.717) is 25.8 Å². The Bertz CT molecular complexity index is 717. The van der Waals surface area contributed by atoms with Crippen molar-refractivity contribution in [3.8, 4) is 0 Å². The molecule has 0 radical (unpaired) electrons. The first-order valence-corrected chi connectivity index (χ1v) is 12.2. The zero-order valence-corrected chi connectivity index (χ0v) is 21.3. The first kappa shape index (κ1) is 32.3. The van der Waals surface area contributed by atoms with E-state index in [1.807, 2.05) is 20.8 Å². The van der Waals surface area contributed by atoms with Gasteiger partial charge in [0.25, 0.3) is 0 Å².